The Bertz CT molecular complexity index is 456. The highest BCUT2D eigenvalue weighted by Gasteiger charge is 2.29. The quantitative estimate of drug-likeness (QED) is 0.785. The van der Waals surface area contributed by atoms with Gasteiger partial charge in [-0.05, 0) is 31.4 Å². The van der Waals surface area contributed by atoms with E-state index in [2.05, 4.69) is 31.9 Å². The molecule has 0 N–H and O–H groups in total. The summed E-state index contributed by atoms with van der Waals surface area (Å²) in [6, 6.07) is 4.05. The second kappa shape index (κ2) is 5.49. The molecule has 0 spiro atoms. The summed E-state index contributed by atoms with van der Waals surface area (Å²) < 4.78 is 0. The summed E-state index contributed by atoms with van der Waals surface area (Å²) in [4.78, 5) is 20.7. The molecule has 2 fully saturated rings. The van der Waals surface area contributed by atoms with Gasteiger partial charge < -0.3 is 4.90 Å². The molecule has 0 bridgehead atoms. The van der Waals surface area contributed by atoms with Gasteiger partial charge in [-0.2, -0.15) is 0 Å². The molecule has 0 aliphatic carbocycles. The molecular weight excluding hydrogens is 306 g/mol. The Labute approximate surface area is 121 Å². The summed E-state index contributed by atoms with van der Waals surface area (Å²) in [5.74, 6) is 0.924. The summed E-state index contributed by atoms with van der Waals surface area (Å²) in [5, 5.41) is 0. The fourth-order valence-electron chi connectivity index (χ4n) is 2.76. The number of piperidine rings is 1. The van der Waals surface area contributed by atoms with E-state index in [9.17, 15) is 4.79 Å². The van der Waals surface area contributed by atoms with Gasteiger partial charge in [-0.15, -0.1) is 0 Å². The van der Waals surface area contributed by atoms with E-state index in [1.807, 2.05) is 12.3 Å². The number of hydrogen-bond donors (Lipinski definition) is 0. The molecule has 1 atom stereocenters. The molecule has 0 radical (unpaired) electrons. The number of halogens is 1. The zero-order chi connectivity index (χ0) is 13.2. The van der Waals surface area contributed by atoms with Gasteiger partial charge in [-0.1, -0.05) is 15.9 Å². The van der Waals surface area contributed by atoms with Crippen molar-refractivity contribution in [2.24, 2.45) is 0 Å². The highest BCUT2D eigenvalue weighted by Crippen LogP contribution is 2.26. The molecule has 1 unspecified atom stereocenters. The maximum absolute atomic E-state index is 11.8. The molecule has 1 aromatic heterocycles. The second-order valence-electron chi connectivity index (χ2n) is 5.23. The number of alkyl halides is 1. The normalized spacial score (nSPS) is 24.1. The van der Waals surface area contributed by atoms with Crippen LogP contribution >= 0.6 is 15.9 Å². The Morgan fingerprint density at radius 3 is 2.58 bits per heavy atom. The van der Waals surface area contributed by atoms with Gasteiger partial charge in [-0.25, -0.2) is 4.98 Å². The van der Waals surface area contributed by atoms with Crippen molar-refractivity contribution < 1.29 is 4.79 Å². The van der Waals surface area contributed by atoms with Gasteiger partial charge >= 0.3 is 0 Å². The number of anilines is 2. The van der Waals surface area contributed by atoms with Crippen LogP contribution in [0, 0.1) is 0 Å². The summed E-state index contributed by atoms with van der Waals surface area (Å²) in [7, 11) is 0. The number of rotatable bonds is 2. The standard InChI is InChI=1S/C14H18BrN3O/c15-11-8-14(19)18(10-11)13-5-4-12(9-16-13)17-6-2-1-3-7-17/h4-5,9,11H,1-3,6-8,10H2. The molecule has 3 heterocycles. The Kier molecular flexibility index (Phi) is 3.73. The van der Waals surface area contributed by atoms with Crippen LogP contribution in [0.5, 0.6) is 0 Å². The van der Waals surface area contributed by atoms with Crippen molar-refractivity contribution in [2.75, 3.05) is 29.4 Å². The summed E-state index contributed by atoms with van der Waals surface area (Å²) in [5.41, 5.74) is 1.17. The predicted octanol–water partition coefficient (Wildman–Crippen LogP) is 2.57. The molecule has 3 rings (SSSR count). The Hall–Kier alpha value is -1.10. The van der Waals surface area contributed by atoms with Crippen LogP contribution < -0.4 is 9.80 Å². The zero-order valence-electron chi connectivity index (χ0n) is 10.9. The van der Waals surface area contributed by atoms with Gasteiger partial charge in [0.2, 0.25) is 5.91 Å². The van der Waals surface area contributed by atoms with Gasteiger partial charge in [0.15, 0.2) is 0 Å². The monoisotopic (exact) mass is 323 g/mol. The van der Waals surface area contributed by atoms with Gasteiger partial charge in [0.25, 0.3) is 0 Å². The fraction of sp³-hybridized carbons (Fsp3) is 0.571. The van der Waals surface area contributed by atoms with E-state index in [0.717, 1.165) is 25.5 Å². The highest BCUT2D eigenvalue weighted by atomic mass is 79.9. The van der Waals surface area contributed by atoms with Crippen LogP contribution in [-0.2, 0) is 4.79 Å². The molecule has 2 aliphatic heterocycles. The Morgan fingerprint density at radius 2 is 2.00 bits per heavy atom. The number of aromatic nitrogens is 1. The molecule has 0 saturated carbocycles. The average molecular weight is 324 g/mol. The Morgan fingerprint density at radius 1 is 1.21 bits per heavy atom. The van der Waals surface area contributed by atoms with Gasteiger partial charge in [0.05, 0.1) is 11.9 Å². The van der Waals surface area contributed by atoms with E-state index in [1.54, 1.807) is 4.90 Å². The van der Waals surface area contributed by atoms with Crippen molar-refractivity contribution >= 4 is 33.3 Å². The lowest BCUT2D eigenvalue weighted by molar-refractivity contribution is -0.117. The third-order valence-corrected chi connectivity index (χ3v) is 4.42. The number of hydrogen-bond acceptors (Lipinski definition) is 3. The lowest BCUT2D eigenvalue weighted by atomic mass is 10.1. The van der Waals surface area contributed by atoms with E-state index >= 15 is 0 Å². The van der Waals surface area contributed by atoms with Crippen LogP contribution in [0.1, 0.15) is 25.7 Å². The minimum absolute atomic E-state index is 0.153. The van der Waals surface area contributed by atoms with Crippen LogP contribution in [0.3, 0.4) is 0 Å². The average Bonchev–Trinajstić information content (AvgIpc) is 2.79. The first kappa shape index (κ1) is 12.9. The lowest BCUT2D eigenvalue weighted by Gasteiger charge is -2.28. The number of carbonyl (C=O) groups excluding carboxylic acids is 1. The highest BCUT2D eigenvalue weighted by molar-refractivity contribution is 9.09. The van der Waals surface area contributed by atoms with Crippen LogP contribution in [0.2, 0.25) is 0 Å². The van der Waals surface area contributed by atoms with Crippen LogP contribution in [0.25, 0.3) is 0 Å². The van der Waals surface area contributed by atoms with E-state index in [0.29, 0.717) is 6.42 Å². The van der Waals surface area contributed by atoms with Crippen molar-refractivity contribution in [3.63, 3.8) is 0 Å². The van der Waals surface area contributed by atoms with Crippen LogP contribution in [-0.4, -0.2) is 35.4 Å². The van der Waals surface area contributed by atoms with Crippen LogP contribution in [0.4, 0.5) is 11.5 Å². The Balaban J connectivity index is 1.73. The van der Waals surface area contributed by atoms with Crippen molar-refractivity contribution in [1.82, 2.24) is 4.98 Å². The molecule has 102 valence electrons. The molecule has 0 aromatic carbocycles. The van der Waals surface area contributed by atoms with E-state index in [1.165, 1.54) is 24.9 Å². The lowest BCUT2D eigenvalue weighted by Crippen LogP contribution is -2.30. The molecule has 5 heteroatoms. The smallest absolute Gasteiger partial charge is 0.229 e. The SMILES string of the molecule is O=C1CC(Br)CN1c1ccc(N2CCCCC2)cn1. The maximum atomic E-state index is 11.8. The maximum Gasteiger partial charge on any atom is 0.229 e. The van der Waals surface area contributed by atoms with Crippen LogP contribution in [0.15, 0.2) is 18.3 Å². The summed E-state index contributed by atoms with van der Waals surface area (Å²) >= 11 is 3.49. The van der Waals surface area contributed by atoms with Crippen molar-refractivity contribution in [1.29, 1.82) is 0 Å². The summed E-state index contributed by atoms with van der Waals surface area (Å²) in [6.45, 7) is 2.95. The van der Waals surface area contributed by atoms with Crippen molar-refractivity contribution in [2.45, 2.75) is 30.5 Å². The molecule has 2 aliphatic rings. The summed E-state index contributed by atoms with van der Waals surface area (Å²) in [6.07, 6.45) is 6.32. The first-order valence-electron chi connectivity index (χ1n) is 6.89. The number of amides is 1. The van der Waals surface area contributed by atoms with Gasteiger partial charge in [-0.3, -0.25) is 9.69 Å². The van der Waals surface area contributed by atoms with Gasteiger partial charge in [0, 0.05) is 30.9 Å². The van der Waals surface area contributed by atoms with E-state index in [-0.39, 0.29) is 10.7 Å². The topological polar surface area (TPSA) is 36.4 Å². The largest absolute Gasteiger partial charge is 0.370 e. The minimum Gasteiger partial charge on any atom is -0.370 e. The number of pyridine rings is 1. The molecule has 1 amide bonds. The molecule has 2 saturated heterocycles. The van der Waals surface area contributed by atoms with E-state index in [4.69, 9.17) is 0 Å². The molecule has 4 nitrogen and oxygen atoms in total. The fourth-order valence-corrected chi connectivity index (χ4v) is 3.33. The molecule has 1 aromatic rings. The predicted molar refractivity (Wildman–Crippen MR) is 80.0 cm³/mol. The van der Waals surface area contributed by atoms with Crippen molar-refractivity contribution in [3.05, 3.63) is 18.3 Å². The van der Waals surface area contributed by atoms with Gasteiger partial charge in [0.1, 0.15) is 5.82 Å². The molecular formula is C14H18BrN3O. The number of nitrogens with zero attached hydrogens (tertiary/aromatic N) is 3. The molecule has 19 heavy (non-hydrogen) atoms. The first-order chi connectivity index (χ1) is 9.24. The second-order valence-corrected chi connectivity index (χ2v) is 6.52. The minimum atomic E-state index is 0.153. The van der Waals surface area contributed by atoms with E-state index < -0.39 is 0 Å². The third-order valence-electron chi connectivity index (χ3n) is 3.81. The first-order valence-corrected chi connectivity index (χ1v) is 7.81. The van der Waals surface area contributed by atoms with Crippen molar-refractivity contribution in [3.8, 4) is 0 Å². The number of carbonyl (C=O) groups is 1. The zero-order valence-corrected chi connectivity index (χ0v) is 12.5. The third kappa shape index (κ3) is 2.76.